The van der Waals surface area contributed by atoms with Gasteiger partial charge in [0, 0.05) is 30.9 Å². The van der Waals surface area contributed by atoms with Crippen molar-refractivity contribution < 1.29 is 0 Å². The predicted molar refractivity (Wildman–Crippen MR) is 74.5 cm³/mol. The van der Waals surface area contributed by atoms with Crippen LogP contribution in [0.5, 0.6) is 0 Å². The molecule has 1 aliphatic heterocycles. The molecule has 1 aromatic heterocycles. The molecule has 0 aliphatic carbocycles. The highest BCUT2D eigenvalue weighted by molar-refractivity contribution is 5.10. The van der Waals surface area contributed by atoms with Gasteiger partial charge in [-0.15, -0.1) is 0 Å². The molecule has 0 radical (unpaired) electrons. The summed E-state index contributed by atoms with van der Waals surface area (Å²) in [6.07, 6.45) is 6.89. The monoisotopic (exact) mass is 250 g/mol. The molecule has 0 bridgehead atoms. The third kappa shape index (κ3) is 3.12. The zero-order valence-corrected chi connectivity index (χ0v) is 11.9. The number of aryl methyl sites for hydroxylation is 1. The quantitative estimate of drug-likeness (QED) is 0.866. The minimum Gasteiger partial charge on any atom is -0.319 e. The van der Waals surface area contributed by atoms with E-state index in [2.05, 4.69) is 35.4 Å². The molecular formula is C14H26N4. The van der Waals surface area contributed by atoms with Crippen molar-refractivity contribution in [1.29, 1.82) is 0 Å². The van der Waals surface area contributed by atoms with Crippen LogP contribution < -0.4 is 5.32 Å². The summed E-state index contributed by atoms with van der Waals surface area (Å²) < 4.78 is 2.01. The van der Waals surface area contributed by atoms with Gasteiger partial charge in [0.05, 0.1) is 6.20 Å². The molecule has 18 heavy (non-hydrogen) atoms. The summed E-state index contributed by atoms with van der Waals surface area (Å²) in [5, 5.41) is 7.69. The molecular weight excluding hydrogens is 224 g/mol. The Morgan fingerprint density at radius 2 is 2.39 bits per heavy atom. The van der Waals surface area contributed by atoms with Gasteiger partial charge in [0.1, 0.15) is 0 Å². The number of hydrogen-bond donors (Lipinski definition) is 1. The summed E-state index contributed by atoms with van der Waals surface area (Å²) in [4.78, 5) is 2.60. The third-order valence-electron chi connectivity index (χ3n) is 4.05. The van der Waals surface area contributed by atoms with Crippen molar-refractivity contribution in [2.75, 3.05) is 26.7 Å². The molecule has 1 aliphatic rings. The van der Waals surface area contributed by atoms with Gasteiger partial charge in [-0.1, -0.05) is 0 Å². The zero-order chi connectivity index (χ0) is 13.0. The first-order valence-corrected chi connectivity index (χ1v) is 7.15. The molecule has 4 nitrogen and oxygen atoms in total. The molecule has 0 spiro atoms. The Morgan fingerprint density at radius 3 is 3.06 bits per heavy atom. The third-order valence-corrected chi connectivity index (χ3v) is 4.05. The first-order chi connectivity index (χ1) is 8.74. The molecule has 2 heterocycles. The molecule has 1 aromatic rings. The summed E-state index contributed by atoms with van der Waals surface area (Å²) in [6, 6.07) is 0.491. The van der Waals surface area contributed by atoms with Gasteiger partial charge in [0.25, 0.3) is 0 Å². The number of nitrogens with zero attached hydrogens (tertiary/aromatic N) is 3. The van der Waals surface area contributed by atoms with Crippen LogP contribution in [0.2, 0.25) is 0 Å². The highest BCUT2D eigenvalue weighted by Gasteiger charge is 2.24. The second kappa shape index (κ2) is 6.34. The molecule has 102 valence electrons. The van der Waals surface area contributed by atoms with Crippen molar-refractivity contribution in [1.82, 2.24) is 20.0 Å². The highest BCUT2D eigenvalue weighted by Crippen LogP contribution is 2.26. The van der Waals surface area contributed by atoms with Crippen molar-refractivity contribution >= 4 is 0 Å². The number of piperidine rings is 1. The normalized spacial score (nSPS) is 23.2. The van der Waals surface area contributed by atoms with E-state index in [0.29, 0.717) is 6.04 Å². The van der Waals surface area contributed by atoms with Gasteiger partial charge in [0.15, 0.2) is 0 Å². The Bertz CT molecular complexity index is 358. The van der Waals surface area contributed by atoms with E-state index in [4.69, 9.17) is 0 Å². The average molecular weight is 250 g/mol. The largest absolute Gasteiger partial charge is 0.319 e. The molecule has 0 amide bonds. The van der Waals surface area contributed by atoms with Crippen molar-refractivity contribution in [3.8, 4) is 0 Å². The van der Waals surface area contributed by atoms with Crippen molar-refractivity contribution in [3.05, 3.63) is 18.0 Å². The van der Waals surface area contributed by atoms with Gasteiger partial charge in [0.2, 0.25) is 0 Å². The maximum Gasteiger partial charge on any atom is 0.0537 e. The molecule has 2 atom stereocenters. The predicted octanol–water partition coefficient (Wildman–Crippen LogP) is 1.90. The number of nitrogens with one attached hydrogen (secondary N) is 1. The van der Waals surface area contributed by atoms with Crippen LogP contribution in [0.15, 0.2) is 12.4 Å². The van der Waals surface area contributed by atoms with Crippen molar-refractivity contribution in [2.24, 2.45) is 5.92 Å². The van der Waals surface area contributed by atoms with E-state index in [1.165, 1.54) is 31.5 Å². The van der Waals surface area contributed by atoms with E-state index in [1.54, 1.807) is 0 Å². The van der Waals surface area contributed by atoms with Crippen LogP contribution in [0.4, 0.5) is 0 Å². The summed E-state index contributed by atoms with van der Waals surface area (Å²) >= 11 is 0. The molecule has 0 aromatic carbocycles. The van der Waals surface area contributed by atoms with Crippen LogP contribution in [0.25, 0.3) is 0 Å². The second-order valence-corrected chi connectivity index (χ2v) is 5.37. The standard InChI is InChI=1S/C14H26N4/c1-4-18-11-14(9-16-18)12(2)17-7-5-6-13(10-17)8-15-3/h9,11-13,15H,4-8,10H2,1-3H3. The van der Waals surface area contributed by atoms with E-state index in [9.17, 15) is 0 Å². The highest BCUT2D eigenvalue weighted by atomic mass is 15.3. The fourth-order valence-electron chi connectivity index (χ4n) is 2.88. The summed E-state index contributed by atoms with van der Waals surface area (Å²) in [5.74, 6) is 0.799. The van der Waals surface area contributed by atoms with Gasteiger partial charge in [-0.25, -0.2) is 0 Å². The SMILES string of the molecule is CCn1cc(C(C)N2CCCC(CNC)C2)cn1. The molecule has 2 unspecified atom stereocenters. The number of aromatic nitrogens is 2. The summed E-state index contributed by atoms with van der Waals surface area (Å²) in [6.45, 7) is 8.95. The van der Waals surface area contributed by atoms with Gasteiger partial charge in [-0.2, -0.15) is 5.10 Å². The molecule has 2 rings (SSSR count). The molecule has 1 saturated heterocycles. The second-order valence-electron chi connectivity index (χ2n) is 5.37. The fraction of sp³-hybridized carbons (Fsp3) is 0.786. The van der Waals surface area contributed by atoms with Crippen LogP contribution in [-0.4, -0.2) is 41.4 Å². The molecule has 1 N–H and O–H groups in total. The lowest BCUT2D eigenvalue weighted by molar-refractivity contribution is 0.131. The number of likely N-dealkylation sites (tertiary alicyclic amines) is 1. The molecule has 1 fully saturated rings. The van der Waals surface area contributed by atoms with E-state index in [1.807, 2.05) is 17.9 Å². The Kier molecular flexibility index (Phi) is 4.78. The molecule has 0 saturated carbocycles. The lowest BCUT2D eigenvalue weighted by Gasteiger charge is -2.36. The zero-order valence-electron chi connectivity index (χ0n) is 11.9. The Hall–Kier alpha value is -0.870. The minimum atomic E-state index is 0.491. The maximum absolute atomic E-state index is 4.38. The van der Waals surface area contributed by atoms with Crippen molar-refractivity contribution in [2.45, 2.75) is 39.3 Å². The lowest BCUT2D eigenvalue weighted by atomic mass is 9.96. The fourth-order valence-corrected chi connectivity index (χ4v) is 2.88. The van der Waals surface area contributed by atoms with Gasteiger partial charge >= 0.3 is 0 Å². The Labute approximate surface area is 110 Å². The van der Waals surface area contributed by atoms with Gasteiger partial charge in [-0.3, -0.25) is 9.58 Å². The summed E-state index contributed by atoms with van der Waals surface area (Å²) in [7, 11) is 2.05. The summed E-state index contributed by atoms with van der Waals surface area (Å²) in [5.41, 5.74) is 1.35. The van der Waals surface area contributed by atoms with E-state index >= 15 is 0 Å². The average Bonchev–Trinajstić information content (AvgIpc) is 2.87. The van der Waals surface area contributed by atoms with Crippen LogP contribution in [0.1, 0.15) is 38.3 Å². The number of rotatable bonds is 5. The van der Waals surface area contributed by atoms with Crippen LogP contribution in [0.3, 0.4) is 0 Å². The van der Waals surface area contributed by atoms with Gasteiger partial charge in [-0.05, 0) is 52.7 Å². The Morgan fingerprint density at radius 1 is 1.56 bits per heavy atom. The molecule has 4 heteroatoms. The smallest absolute Gasteiger partial charge is 0.0537 e. The lowest BCUT2D eigenvalue weighted by Crippen LogP contribution is -2.40. The van der Waals surface area contributed by atoms with Gasteiger partial charge < -0.3 is 5.32 Å². The van der Waals surface area contributed by atoms with Crippen LogP contribution in [0, 0.1) is 5.92 Å². The van der Waals surface area contributed by atoms with E-state index < -0.39 is 0 Å². The van der Waals surface area contributed by atoms with Crippen LogP contribution in [-0.2, 0) is 6.54 Å². The minimum absolute atomic E-state index is 0.491. The van der Waals surface area contributed by atoms with Crippen molar-refractivity contribution in [3.63, 3.8) is 0 Å². The Balaban J connectivity index is 1.97. The number of hydrogen-bond acceptors (Lipinski definition) is 3. The van der Waals surface area contributed by atoms with Crippen LogP contribution >= 0.6 is 0 Å². The topological polar surface area (TPSA) is 33.1 Å². The first-order valence-electron chi connectivity index (χ1n) is 7.15. The first kappa shape index (κ1) is 13.6. The van der Waals surface area contributed by atoms with E-state index in [-0.39, 0.29) is 0 Å². The maximum atomic E-state index is 4.38. The van der Waals surface area contributed by atoms with E-state index in [0.717, 1.165) is 19.0 Å².